The van der Waals surface area contributed by atoms with Crippen LogP contribution in [0.5, 0.6) is 0 Å². The number of nitro groups is 1. The van der Waals surface area contributed by atoms with Gasteiger partial charge in [-0.2, -0.15) is 0 Å². The molecule has 2 aliphatic heterocycles. The van der Waals surface area contributed by atoms with Gasteiger partial charge in [-0.25, -0.2) is 0 Å². The van der Waals surface area contributed by atoms with Gasteiger partial charge in [0.1, 0.15) is 5.69 Å². The number of benzene rings is 1. The summed E-state index contributed by atoms with van der Waals surface area (Å²) >= 11 is 0. The maximum absolute atomic E-state index is 11.2. The Kier molecular flexibility index (Phi) is 2.93. The Bertz CT molecular complexity index is 509. The van der Waals surface area contributed by atoms with E-state index >= 15 is 0 Å². The Balaban J connectivity index is 1.89. The van der Waals surface area contributed by atoms with Crippen molar-refractivity contribution in [3.63, 3.8) is 0 Å². The number of nitro benzene ring substituents is 1. The van der Waals surface area contributed by atoms with Crippen LogP contribution in [-0.4, -0.2) is 31.1 Å². The van der Waals surface area contributed by atoms with E-state index in [4.69, 9.17) is 0 Å². The highest BCUT2D eigenvalue weighted by atomic mass is 16.6. The van der Waals surface area contributed by atoms with E-state index in [1.54, 1.807) is 6.07 Å². The SMILES string of the molecule is Cc1ccc(N2CCC3(CCNC3)C2)c([N+](=O)[O-])c1. The molecule has 0 aliphatic carbocycles. The Labute approximate surface area is 112 Å². The molecule has 1 unspecified atom stereocenters. The van der Waals surface area contributed by atoms with Crippen molar-refractivity contribution >= 4 is 11.4 Å². The smallest absolute Gasteiger partial charge is 0.292 e. The van der Waals surface area contributed by atoms with Crippen molar-refractivity contribution in [3.05, 3.63) is 33.9 Å². The van der Waals surface area contributed by atoms with Gasteiger partial charge in [0.05, 0.1) is 4.92 Å². The Morgan fingerprint density at radius 3 is 2.95 bits per heavy atom. The van der Waals surface area contributed by atoms with E-state index in [9.17, 15) is 10.1 Å². The zero-order chi connectivity index (χ0) is 13.5. The number of hydrogen-bond donors (Lipinski definition) is 1. The van der Waals surface area contributed by atoms with Crippen LogP contribution in [0, 0.1) is 22.5 Å². The molecule has 102 valence electrons. The van der Waals surface area contributed by atoms with Crippen molar-refractivity contribution in [2.75, 3.05) is 31.1 Å². The molecule has 1 spiro atoms. The second kappa shape index (κ2) is 4.49. The Morgan fingerprint density at radius 1 is 1.42 bits per heavy atom. The molecule has 19 heavy (non-hydrogen) atoms. The van der Waals surface area contributed by atoms with Crippen LogP contribution in [0.2, 0.25) is 0 Å². The molecule has 2 fully saturated rings. The van der Waals surface area contributed by atoms with Crippen LogP contribution in [0.4, 0.5) is 11.4 Å². The van der Waals surface area contributed by atoms with Gasteiger partial charge in [0, 0.05) is 31.1 Å². The maximum atomic E-state index is 11.2. The molecule has 1 aromatic carbocycles. The van der Waals surface area contributed by atoms with E-state index in [1.807, 2.05) is 19.1 Å². The van der Waals surface area contributed by atoms with Gasteiger partial charge in [0.2, 0.25) is 0 Å². The number of rotatable bonds is 2. The molecular formula is C14H19N3O2. The molecule has 1 N–H and O–H groups in total. The topological polar surface area (TPSA) is 58.4 Å². The molecule has 1 aromatic rings. The lowest BCUT2D eigenvalue weighted by Crippen LogP contribution is -2.29. The average molecular weight is 261 g/mol. The summed E-state index contributed by atoms with van der Waals surface area (Å²) < 4.78 is 0. The van der Waals surface area contributed by atoms with Crippen molar-refractivity contribution in [1.29, 1.82) is 0 Å². The molecule has 0 saturated carbocycles. The van der Waals surface area contributed by atoms with E-state index in [2.05, 4.69) is 10.2 Å². The molecule has 2 heterocycles. The van der Waals surface area contributed by atoms with Crippen molar-refractivity contribution < 1.29 is 4.92 Å². The van der Waals surface area contributed by atoms with Crippen molar-refractivity contribution in [3.8, 4) is 0 Å². The Hall–Kier alpha value is -1.62. The summed E-state index contributed by atoms with van der Waals surface area (Å²) in [6, 6.07) is 5.53. The number of aryl methyl sites for hydroxylation is 1. The molecule has 2 saturated heterocycles. The highest BCUT2D eigenvalue weighted by Gasteiger charge is 2.41. The molecule has 1 atom stereocenters. The van der Waals surface area contributed by atoms with Gasteiger partial charge in [-0.05, 0) is 37.9 Å². The molecule has 5 nitrogen and oxygen atoms in total. The summed E-state index contributed by atoms with van der Waals surface area (Å²) in [4.78, 5) is 13.1. The predicted molar refractivity (Wildman–Crippen MR) is 74.6 cm³/mol. The molecule has 0 bridgehead atoms. The Morgan fingerprint density at radius 2 is 2.26 bits per heavy atom. The monoisotopic (exact) mass is 261 g/mol. The van der Waals surface area contributed by atoms with Crippen LogP contribution in [0.15, 0.2) is 18.2 Å². The largest absolute Gasteiger partial charge is 0.365 e. The van der Waals surface area contributed by atoms with Gasteiger partial charge >= 0.3 is 0 Å². The summed E-state index contributed by atoms with van der Waals surface area (Å²) in [5.41, 5.74) is 2.29. The molecule has 0 amide bonds. The fourth-order valence-electron chi connectivity index (χ4n) is 3.33. The van der Waals surface area contributed by atoms with E-state index in [-0.39, 0.29) is 10.6 Å². The van der Waals surface area contributed by atoms with Crippen LogP contribution in [0.25, 0.3) is 0 Å². The predicted octanol–water partition coefficient (Wildman–Crippen LogP) is 2.09. The minimum absolute atomic E-state index is 0.239. The number of nitrogens with one attached hydrogen (secondary N) is 1. The summed E-state index contributed by atoms with van der Waals surface area (Å²) in [7, 11) is 0. The second-order valence-corrected chi connectivity index (χ2v) is 5.85. The third kappa shape index (κ3) is 2.18. The van der Waals surface area contributed by atoms with Crippen LogP contribution in [0.1, 0.15) is 18.4 Å². The minimum atomic E-state index is -0.264. The third-order valence-electron chi connectivity index (χ3n) is 4.44. The van der Waals surface area contributed by atoms with E-state index in [0.29, 0.717) is 5.41 Å². The van der Waals surface area contributed by atoms with Crippen molar-refractivity contribution in [2.24, 2.45) is 5.41 Å². The minimum Gasteiger partial charge on any atom is -0.365 e. The van der Waals surface area contributed by atoms with Crippen molar-refractivity contribution in [1.82, 2.24) is 5.32 Å². The lowest BCUT2D eigenvalue weighted by atomic mass is 9.86. The number of anilines is 1. The van der Waals surface area contributed by atoms with Gasteiger partial charge in [0.15, 0.2) is 0 Å². The molecule has 0 radical (unpaired) electrons. The van der Waals surface area contributed by atoms with E-state index in [1.165, 1.54) is 6.42 Å². The van der Waals surface area contributed by atoms with Gasteiger partial charge < -0.3 is 10.2 Å². The lowest BCUT2D eigenvalue weighted by molar-refractivity contribution is -0.384. The molecule has 5 heteroatoms. The summed E-state index contributed by atoms with van der Waals surface area (Å²) in [6.07, 6.45) is 2.31. The first-order chi connectivity index (χ1) is 9.10. The quantitative estimate of drug-likeness (QED) is 0.654. The van der Waals surface area contributed by atoms with Crippen LogP contribution in [0.3, 0.4) is 0 Å². The van der Waals surface area contributed by atoms with Gasteiger partial charge in [-0.3, -0.25) is 10.1 Å². The highest BCUT2D eigenvalue weighted by Crippen LogP contribution is 2.40. The first-order valence-corrected chi connectivity index (χ1v) is 6.80. The first-order valence-electron chi connectivity index (χ1n) is 6.80. The zero-order valence-corrected chi connectivity index (χ0v) is 11.2. The second-order valence-electron chi connectivity index (χ2n) is 5.85. The summed E-state index contributed by atoms with van der Waals surface area (Å²) in [5.74, 6) is 0. The fourth-order valence-corrected chi connectivity index (χ4v) is 3.33. The summed E-state index contributed by atoms with van der Waals surface area (Å²) in [5, 5.41) is 14.6. The van der Waals surface area contributed by atoms with Gasteiger partial charge in [0.25, 0.3) is 5.69 Å². The zero-order valence-electron chi connectivity index (χ0n) is 11.2. The normalized spacial score (nSPS) is 26.3. The number of nitrogens with zero attached hydrogens (tertiary/aromatic N) is 2. The maximum Gasteiger partial charge on any atom is 0.292 e. The van der Waals surface area contributed by atoms with Crippen LogP contribution >= 0.6 is 0 Å². The number of hydrogen-bond acceptors (Lipinski definition) is 4. The highest BCUT2D eigenvalue weighted by molar-refractivity contribution is 5.65. The van der Waals surface area contributed by atoms with Gasteiger partial charge in [-0.15, -0.1) is 0 Å². The molecule has 3 rings (SSSR count). The van der Waals surface area contributed by atoms with Crippen LogP contribution in [-0.2, 0) is 0 Å². The molecule has 0 aromatic heterocycles. The van der Waals surface area contributed by atoms with E-state index < -0.39 is 0 Å². The first kappa shape index (κ1) is 12.4. The fraction of sp³-hybridized carbons (Fsp3) is 0.571. The van der Waals surface area contributed by atoms with Crippen molar-refractivity contribution in [2.45, 2.75) is 19.8 Å². The summed E-state index contributed by atoms with van der Waals surface area (Å²) in [6.45, 7) is 5.87. The standard InChI is InChI=1S/C14H19N3O2/c1-11-2-3-12(13(8-11)17(18)19)16-7-5-14(10-16)4-6-15-9-14/h2-3,8,15H,4-7,9-10H2,1H3. The average Bonchev–Trinajstić information content (AvgIpc) is 3.00. The molecular weight excluding hydrogens is 242 g/mol. The van der Waals surface area contributed by atoms with Gasteiger partial charge in [-0.1, -0.05) is 6.07 Å². The third-order valence-corrected chi connectivity index (χ3v) is 4.44. The van der Waals surface area contributed by atoms with E-state index in [0.717, 1.165) is 43.9 Å². The lowest BCUT2D eigenvalue weighted by Gasteiger charge is -2.24. The molecule has 2 aliphatic rings. The van der Waals surface area contributed by atoms with Crippen LogP contribution < -0.4 is 10.2 Å².